The van der Waals surface area contributed by atoms with Crippen molar-refractivity contribution in [2.75, 3.05) is 20.2 Å². The monoisotopic (exact) mass is 343 g/mol. The normalized spacial score (nSPS) is 23.5. The number of hydrogen-bond donors (Lipinski definition) is 1. The smallest absolute Gasteiger partial charge is 0.257 e. The molecule has 25 heavy (non-hydrogen) atoms. The highest BCUT2D eigenvalue weighted by atomic mass is 16.5. The Morgan fingerprint density at radius 1 is 1.44 bits per heavy atom. The molecule has 1 fully saturated rings. The summed E-state index contributed by atoms with van der Waals surface area (Å²) in [4.78, 5) is 14.6. The van der Waals surface area contributed by atoms with Crippen LogP contribution in [0.4, 0.5) is 0 Å². The van der Waals surface area contributed by atoms with Crippen molar-refractivity contribution in [1.82, 2.24) is 14.7 Å². The lowest BCUT2D eigenvalue weighted by atomic mass is 9.81. The third-order valence-corrected chi connectivity index (χ3v) is 5.15. The third kappa shape index (κ3) is 3.39. The molecule has 0 saturated carbocycles. The lowest BCUT2D eigenvalue weighted by molar-refractivity contribution is -0.0521. The van der Waals surface area contributed by atoms with Gasteiger partial charge in [-0.1, -0.05) is 19.1 Å². The molecule has 0 aliphatic carbocycles. The number of carbonyl (C=O) groups excluding carboxylic acids is 1. The topological polar surface area (TPSA) is 67.6 Å². The first kappa shape index (κ1) is 17.5. The van der Waals surface area contributed by atoms with Gasteiger partial charge in [0.2, 0.25) is 0 Å². The predicted molar refractivity (Wildman–Crippen MR) is 95.0 cm³/mol. The SMILES string of the molecule is CC[C@@H]1CN(C(=O)c2cnn(-c3ccccc3OC)c2)CC[C@]1(C)O. The first-order valence-corrected chi connectivity index (χ1v) is 8.66. The average molecular weight is 343 g/mol. The Bertz CT molecular complexity index is 754. The Labute approximate surface area is 148 Å². The van der Waals surface area contributed by atoms with Crippen molar-refractivity contribution in [2.24, 2.45) is 5.92 Å². The Hall–Kier alpha value is -2.34. The Morgan fingerprint density at radius 3 is 2.92 bits per heavy atom. The van der Waals surface area contributed by atoms with E-state index in [9.17, 15) is 9.90 Å². The van der Waals surface area contributed by atoms with E-state index in [0.717, 1.165) is 12.1 Å². The van der Waals surface area contributed by atoms with E-state index < -0.39 is 5.60 Å². The van der Waals surface area contributed by atoms with Crippen LogP contribution in [0, 0.1) is 5.92 Å². The zero-order valence-electron chi connectivity index (χ0n) is 15.0. The van der Waals surface area contributed by atoms with Crippen molar-refractivity contribution in [1.29, 1.82) is 0 Å². The van der Waals surface area contributed by atoms with Gasteiger partial charge in [0.1, 0.15) is 11.4 Å². The summed E-state index contributed by atoms with van der Waals surface area (Å²) in [5, 5.41) is 14.8. The fourth-order valence-corrected chi connectivity index (χ4v) is 3.44. The van der Waals surface area contributed by atoms with Crippen LogP contribution in [0.3, 0.4) is 0 Å². The van der Waals surface area contributed by atoms with Gasteiger partial charge in [0, 0.05) is 25.2 Å². The number of carbonyl (C=O) groups is 1. The van der Waals surface area contributed by atoms with Gasteiger partial charge in [-0.15, -0.1) is 0 Å². The molecule has 6 nitrogen and oxygen atoms in total. The zero-order chi connectivity index (χ0) is 18.0. The molecule has 1 aliphatic heterocycles. The van der Waals surface area contributed by atoms with Gasteiger partial charge in [0.15, 0.2) is 0 Å². The van der Waals surface area contributed by atoms with Crippen molar-refractivity contribution in [3.05, 3.63) is 42.2 Å². The number of aliphatic hydroxyl groups is 1. The molecular weight excluding hydrogens is 318 g/mol. The van der Waals surface area contributed by atoms with Gasteiger partial charge in [-0.2, -0.15) is 5.10 Å². The minimum absolute atomic E-state index is 0.0462. The molecule has 1 N–H and O–H groups in total. The first-order valence-electron chi connectivity index (χ1n) is 8.66. The zero-order valence-corrected chi connectivity index (χ0v) is 15.0. The van der Waals surface area contributed by atoms with Crippen molar-refractivity contribution >= 4 is 5.91 Å². The van der Waals surface area contributed by atoms with E-state index in [2.05, 4.69) is 5.10 Å². The summed E-state index contributed by atoms with van der Waals surface area (Å²) in [6.07, 6.45) is 4.76. The Balaban J connectivity index is 1.79. The third-order valence-electron chi connectivity index (χ3n) is 5.15. The fourth-order valence-electron chi connectivity index (χ4n) is 3.44. The number of nitrogens with zero attached hydrogens (tertiary/aromatic N) is 3. The molecule has 1 amide bonds. The summed E-state index contributed by atoms with van der Waals surface area (Å²) in [5.41, 5.74) is 0.631. The van der Waals surface area contributed by atoms with Crippen LogP contribution in [0.25, 0.3) is 5.69 Å². The molecule has 134 valence electrons. The number of aromatic nitrogens is 2. The van der Waals surface area contributed by atoms with Crippen molar-refractivity contribution < 1.29 is 14.6 Å². The van der Waals surface area contributed by atoms with E-state index in [-0.39, 0.29) is 11.8 Å². The molecular formula is C19H25N3O3. The highest BCUT2D eigenvalue weighted by molar-refractivity contribution is 5.94. The number of piperidine rings is 1. The van der Waals surface area contributed by atoms with E-state index in [4.69, 9.17) is 4.74 Å². The minimum Gasteiger partial charge on any atom is -0.494 e. The van der Waals surface area contributed by atoms with Gasteiger partial charge in [-0.3, -0.25) is 4.79 Å². The van der Waals surface area contributed by atoms with Crippen LogP contribution in [0.5, 0.6) is 5.75 Å². The molecule has 0 unspecified atom stereocenters. The second-order valence-corrected chi connectivity index (χ2v) is 6.81. The van der Waals surface area contributed by atoms with Gasteiger partial charge < -0.3 is 14.7 Å². The summed E-state index contributed by atoms with van der Waals surface area (Å²) < 4.78 is 7.01. The molecule has 0 spiro atoms. The molecule has 1 aliphatic rings. The van der Waals surface area contributed by atoms with Gasteiger partial charge in [0.05, 0.1) is 24.5 Å². The highest BCUT2D eigenvalue weighted by Gasteiger charge is 2.38. The van der Waals surface area contributed by atoms with Gasteiger partial charge in [-0.25, -0.2) is 4.68 Å². The van der Waals surface area contributed by atoms with E-state index in [1.165, 1.54) is 0 Å². The molecule has 2 atom stereocenters. The van der Waals surface area contributed by atoms with Crippen molar-refractivity contribution in [3.8, 4) is 11.4 Å². The van der Waals surface area contributed by atoms with Crippen LogP contribution in [0.1, 0.15) is 37.0 Å². The van der Waals surface area contributed by atoms with Crippen molar-refractivity contribution in [2.45, 2.75) is 32.3 Å². The summed E-state index contributed by atoms with van der Waals surface area (Å²) in [6, 6.07) is 7.55. The number of amides is 1. The molecule has 6 heteroatoms. The van der Waals surface area contributed by atoms with Crippen LogP contribution in [0.15, 0.2) is 36.7 Å². The van der Waals surface area contributed by atoms with Crippen LogP contribution >= 0.6 is 0 Å². The van der Waals surface area contributed by atoms with Crippen LogP contribution in [0.2, 0.25) is 0 Å². The lowest BCUT2D eigenvalue weighted by Crippen LogP contribution is -2.51. The minimum atomic E-state index is -0.701. The van der Waals surface area contributed by atoms with Crippen LogP contribution < -0.4 is 4.74 Å². The second-order valence-electron chi connectivity index (χ2n) is 6.81. The standard InChI is InChI=1S/C19H25N3O3/c1-4-15-13-21(10-9-19(15,2)24)18(23)14-11-20-22(12-14)16-7-5-6-8-17(16)25-3/h5-8,11-12,15,24H,4,9-10,13H2,1-3H3/t15-,19+/m1/s1. The lowest BCUT2D eigenvalue weighted by Gasteiger charge is -2.42. The van der Waals surface area contributed by atoms with E-state index in [0.29, 0.717) is 30.8 Å². The number of rotatable bonds is 4. The first-order chi connectivity index (χ1) is 12.0. The van der Waals surface area contributed by atoms with Gasteiger partial charge in [0.25, 0.3) is 5.91 Å². The van der Waals surface area contributed by atoms with Gasteiger partial charge >= 0.3 is 0 Å². The maximum atomic E-state index is 12.8. The quantitative estimate of drug-likeness (QED) is 0.926. The fraction of sp³-hybridized carbons (Fsp3) is 0.474. The van der Waals surface area contributed by atoms with E-state index in [1.807, 2.05) is 43.0 Å². The predicted octanol–water partition coefficient (Wildman–Crippen LogP) is 2.50. The van der Waals surface area contributed by atoms with E-state index >= 15 is 0 Å². The van der Waals surface area contributed by atoms with Crippen LogP contribution in [-0.4, -0.2) is 51.5 Å². The largest absolute Gasteiger partial charge is 0.494 e. The number of benzene rings is 1. The molecule has 1 aromatic carbocycles. The number of hydrogen-bond acceptors (Lipinski definition) is 4. The molecule has 3 rings (SSSR count). The molecule has 1 saturated heterocycles. The molecule has 0 radical (unpaired) electrons. The molecule has 0 bridgehead atoms. The number of likely N-dealkylation sites (tertiary alicyclic amines) is 1. The summed E-state index contributed by atoms with van der Waals surface area (Å²) in [7, 11) is 1.61. The maximum absolute atomic E-state index is 12.8. The summed E-state index contributed by atoms with van der Waals surface area (Å²) >= 11 is 0. The Morgan fingerprint density at radius 2 is 2.20 bits per heavy atom. The molecule has 1 aromatic heterocycles. The number of para-hydroxylation sites is 2. The van der Waals surface area contributed by atoms with Gasteiger partial charge in [-0.05, 0) is 31.9 Å². The summed E-state index contributed by atoms with van der Waals surface area (Å²) in [5.74, 6) is 0.745. The Kier molecular flexibility index (Phi) is 4.81. The van der Waals surface area contributed by atoms with Crippen LogP contribution in [-0.2, 0) is 0 Å². The maximum Gasteiger partial charge on any atom is 0.257 e. The molecule has 2 aromatic rings. The number of methoxy groups -OCH3 is 1. The van der Waals surface area contributed by atoms with E-state index in [1.54, 1.807) is 24.2 Å². The highest BCUT2D eigenvalue weighted by Crippen LogP contribution is 2.30. The van der Waals surface area contributed by atoms with Crippen molar-refractivity contribution in [3.63, 3.8) is 0 Å². The molecule has 2 heterocycles. The number of ether oxygens (including phenoxy) is 1. The second kappa shape index (κ2) is 6.88. The average Bonchev–Trinajstić information content (AvgIpc) is 3.10. The summed E-state index contributed by atoms with van der Waals surface area (Å²) in [6.45, 7) is 5.04.